The van der Waals surface area contributed by atoms with E-state index in [1.54, 1.807) is 6.07 Å². The molecule has 2 atom stereocenters. The maximum absolute atomic E-state index is 9.58. The van der Waals surface area contributed by atoms with Crippen LogP contribution in [-0.2, 0) is 0 Å². The molecule has 1 aromatic rings. The molecule has 4 N–H and O–H groups in total. The van der Waals surface area contributed by atoms with E-state index >= 15 is 0 Å². The first kappa shape index (κ1) is 10.2. The summed E-state index contributed by atoms with van der Waals surface area (Å²) in [6.45, 7) is 4.06. The van der Waals surface area contributed by atoms with Crippen molar-refractivity contribution < 1.29 is 5.11 Å². The summed E-state index contributed by atoms with van der Waals surface area (Å²) in [4.78, 5) is 7.89. The van der Waals surface area contributed by atoms with Gasteiger partial charge < -0.3 is 16.2 Å². The summed E-state index contributed by atoms with van der Waals surface area (Å²) in [5.41, 5.74) is 5.44. The van der Waals surface area contributed by atoms with Gasteiger partial charge >= 0.3 is 0 Å². The number of rotatable bonds is 2. The van der Waals surface area contributed by atoms with Crippen LogP contribution in [0.15, 0.2) is 12.4 Å². The summed E-state index contributed by atoms with van der Waals surface area (Å²) in [5, 5.41) is 12.8. The van der Waals surface area contributed by atoms with E-state index in [9.17, 15) is 5.11 Å². The van der Waals surface area contributed by atoms with Crippen LogP contribution < -0.4 is 11.1 Å². The number of nitrogens with two attached hydrogens (primary N) is 1. The van der Waals surface area contributed by atoms with E-state index in [0.29, 0.717) is 11.6 Å². The monoisotopic (exact) mass is 208 g/mol. The largest absolute Gasteiger partial charge is 0.392 e. The minimum Gasteiger partial charge on any atom is -0.392 e. The topological polar surface area (TPSA) is 84.1 Å². The highest BCUT2D eigenvalue weighted by atomic mass is 16.3. The van der Waals surface area contributed by atoms with Crippen molar-refractivity contribution in [1.29, 1.82) is 0 Å². The number of anilines is 2. The Balaban J connectivity index is 2.05. The molecule has 1 fully saturated rings. The zero-order valence-corrected chi connectivity index (χ0v) is 8.94. The molecule has 0 saturated heterocycles. The Morgan fingerprint density at radius 2 is 2.27 bits per heavy atom. The van der Waals surface area contributed by atoms with Crippen molar-refractivity contribution in [3.05, 3.63) is 12.4 Å². The van der Waals surface area contributed by atoms with Gasteiger partial charge in [0, 0.05) is 17.5 Å². The molecule has 2 rings (SSSR count). The predicted octanol–water partition coefficient (Wildman–Crippen LogP) is 0.630. The Morgan fingerprint density at radius 3 is 2.80 bits per heavy atom. The van der Waals surface area contributed by atoms with Crippen molar-refractivity contribution >= 4 is 11.6 Å². The molecule has 0 amide bonds. The Bertz CT molecular complexity index is 366. The van der Waals surface area contributed by atoms with Crippen LogP contribution in [0.5, 0.6) is 0 Å². The molecular weight excluding hydrogens is 192 g/mol. The van der Waals surface area contributed by atoms with E-state index in [-0.39, 0.29) is 17.6 Å². The lowest BCUT2D eigenvalue weighted by atomic mass is 9.64. The van der Waals surface area contributed by atoms with Crippen molar-refractivity contribution in [2.24, 2.45) is 5.41 Å². The molecule has 0 radical (unpaired) electrons. The number of hydrogen-bond donors (Lipinski definition) is 3. The van der Waals surface area contributed by atoms with E-state index in [1.807, 2.05) is 13.8 Å². The van der Waals surface area contributed by atoms with Crippen LogP contribution in [0.3, 0.4) is 0 Å². The van der Waals surface area contributed by atoms with E-state index in [4.69, 9.17) is 5.73 Å². The van der Waals surface area contributed by atoms with Crippen molar-refractivity contribution in [1.82, 2.24) is 9.97 Å². The first-order valence-electron chi connectivity index (χ1n) is 5.02. The molecule has 2 unspecified atom stereocenters. The van der Waals surface area contributed by atoms with Gasteiger partial charge in [0.1, 0.15) is 18.0 Å². The first-order chi connectivity index (χ1) is 7.00. The molecule has 1 aliphatic carbocycles. The van der Waals surface area contributed by atoms with Gasteiger partial charge in [-0.15, -0.1) is 0 Å². The summed E-state index contributed by atoms with van der Waals surface area (Å²) in [6.07, 6.45) is 1.94. The third-order valence-electron chi connectivity index (χ3n) is 3.23. The highest BCUT2D eigenvalue weighted by Gasteiger charge is 2.47. The summed E-state index contributed by atoms with van der Waals surface area (Å²) >= 11 is 0. The van der Waals surface area contributed by atoms with Crippen LogP contribution in [0.4, 0.5) is 11.6 Å². The van der Waals surface area contributed by atoms with Crippen molar-refractivity contribution in [3.8, 4) is 0 Å². The van der Waals surface area contributed by atoms with Crippen LogP contribution in [-0.4, -0.2) is 27.2 Å². The van der Waals surface area contributed by atoms with E-state index in [0.717, 1.165) is 6.42 Å². The van der Waals surface area contributed by atoms with Crippen molar-refractivity contribution in [2.45, 2.75) is 32.4 Å². The van der Waals surface area contributed by atoms with Crippen LogP contribution in [0.25, 0.3) is 0 Å². The fourth-order valence-electron chi connectivity index (χ4n) is 1.78. The fraction of sp³-hybridized carbons (Fsp3) is 0.600. The van der Waals surface area contributed by atoms with Crippen molar-refractivity contribution in [3.63, 3.8) is 0 Å². The van der Waals surface area contributed by atoms with E-state index in [2.05, 4.69) is 15.3 Å². The lowest BCUT2D eigenvalue weighted by Crippen LogP contribution is -2.57. The Hall–Kier alpha value is -1.36. The van der Waals surface area contributed by atoms with Gasteiger partial charge in [0.25, 0.3) is 0 Å². The van der Waals surface area contributed by atoms with Gasteiger partial charge in [-0.2, -0.15) is 0 Å². The molecule has 1 saturated carbocycles. The maximum atomic E-state index is 9.58. The molecule has 5 nitrogen and oxygen atoms in total. The van der Waals surface area contributed by atoms with Gasteiger partial charge in [0.05, 0.1) is 6.10 Å². The second-order valence-electron chi connectivity index (χ2n) is 4.60. The fourth-order valence-corrected chi connectivity index (χ4v) is 1.78. The van der Waals surface area contributed by atoms with Crippen LogP contribution in [0.2, 0.25) is 0 Å². The molecule has 0 aliphatic heterocycles. The number of aliphatic hydroxyl groups is 1. The van der Waals surface area contributed by atoms with Crippen molar-refractivity contribution in [2.75, 3.05) is 11.1 Å². The molecule has 0 spiro atoms. The second kappa shape index (κ2) is 3.34. The minimum atomic E-state index is -0.241. The molecule has 82 valence electrons. The van der Waals surface area contributed by atoms with Crippen LogP contribution >= 0.6 is 0 Å². The molecule has 1 aromatic heterocycles. The minimum absolute atomic E-state index is 0.111. The van der Waals surface area contributed by atoms with Gasteiger partial charge in [-0.05, 0) is 6.42 Å². The highest BCUT2D eigenvalue weighted by Crippen LogP contribution is 2.41. The van der Waals surface area contributed by atoms with E-state index < -0.39 is 0 Å². The van der Waals surface area contributed by atoms with Gasteiger partial charge in [-0.1, -0.05) is 13.8 Å². The standard InChI is InChI=1S/C10H16N4O/c1-10(2)6(3-7(10)15)14-9-4-8(11)12-5-13-9/h4-7,15H,3H2,1-2H3,(H3,11,12,13,14). The summed E-state index contributed by atoms with van der Waals surface area (Å²) in [6, 6.07) is 1.93. The summed E-state index contributed by atoms with van der Waals surface area (Å²) < 4.78 is 0. The normalized spacial score (nSPS) is 28.2. The number of aromatic nitrogens is 2. The maximum Gasteiger partial charge on any atom is 0.131 e. The lowest BCUT2D eigenvalue weighted by Gasteiger charge is -2.49. The Kier molecular flexibility index (Phi) is 2.26. The first-order valence-corrected chi connectivity index (χ1v) is 5.02. The Labute approximate surface area is 88.7 Å². The zero-order valence-electron chi connectivity index (χ0n) is 8.94. The number of hydrogen-bond acceptors (Lipinski definition) is 5. The average molecular weight is 208 g/mol. The molecular formula is C10H16N4O. The molecule has 0 aromatic carbocycles. The average Bonchev–Trinajstić information content (AvgIpc) is 2.17. The highest BCUT2D eigenvalue weighted by molar-refractivity contribution is 5.45. The third-order valence-corrected chi connectivity index (χ3v) is 3.23. The zero-order chi connectivity index (χ0) is 11.1. The van der Waals surface area contributed by atoms with Gasteiger partial charge in [0.15, 0.2) is 0 Å². The second-order valence-corrected chi connectivity index (χ2v) is 4.60. The smallest absolute Gasteiger partial charge is 0.131 e. The summed E-state index contributed by atoms with van der Waals surface area (Å²) in [7, 11) is 0. The van der Waals surface area contributed by atoms with Crippen LogP contribution in [0.1, 0.15) is 20.3 Å². The Morgan fingerprint density at radius 1 is 1.53 bits per heavy atom. The molecule has 15 heavy (non-hydrogen) atoms. The SMILES string of the molecule is CC1(C)C(O)CC1Nc1cc(N)ncn1. The molecule has 1 heterocycles. The van der Waals surface area contributed by atoms with Gasteiger partial charge in [-0.3, -0.25) is 0 Å². The van der Waals surface area contributed by atoms with Crippen LogP contribution in [0, 0.1) is 5.41 Å². The van der Waals surface area contributed by atoms with Gasteiger partial charge in [-0.25, -0.2) is 9.97 Å². The lowest BCUT2D eigenvalue weighted by molar-refractivity contribution is -0.0511. The van der Waals surface area contributed by atoms with E-state index in [1.165, 1.54) is 6.33 Å². The third kappa shape index (κ3) is 1.74. The molecule has 1 aliphatic rings. The number of nitrogens with one attached hydrogen (secondary N) is 1. The predicted molar refractivity (Wildman–Crippen MR) is 58.3 cm³/mol. The quantitative estimate of drug-likeness (QED) is 0.664. The molecule has 5 heteroatoms. The summed E-state index contributed by atoms with van der Waals surface area (Å²) in [5.74, 6) is 1.16. The molecule has 0 bridgehead atoms. The number of nitrogens with zero attached hydrogens (tertiary/aromatic N) is 2. The number of aliphatic hydroxyl groups excluding tert-OH is 1. The van der Waals surface area contributed by atoms with Gasteiger partial charge in [0.2, 0.25) is 0 Å². The number of nitrogen functional groups attached to an aromatic ring is 1.